The molecular weight excluding hydrogens is 378 g/mol. The van der Waals surface area contributed by atoms with E-state index in [1.165, 1.54) is 12.8 Å². The van der Waals surface area contributed by atoms with Crippen molar-refractivity contribution in [3.63, 3.8) is 0 Å². The van der Waals surface area contributed by atoms with Crippen molar-refractivity contribution in [1.29, 1.82) is 0 Å². The monoisotopic (exact) mass is 407 g/mol. The Labute approximate surface area is 177 Å². The molecule has 0 fully saturated rings. The number of nitrogens with one attached hydrogen (secondary N) is 1. The first-order valence-electron chi connectivity index (χ1n) is 10.2. The number of carbonyl (C=O) groups is 1. The zero-order chi connectivity index (χ0) is 20.5. The molecule has 0 aliphatic carbocycles. The van der Waals surface area contributed by atoms with Gasteiger partial charge in [-0.05, 0) is 25.6 Å². The predicted molar refractivity (Wildman–Crippen MR) is 122 cm³/mol. The molecule has 1 aromatic heterocycles. The lowest BCUT2D eigenvalue weighted by molar-refractivity contribution is -0.121. The molecule has 2 aromatic carbocycles. The van der Waals surface area contributed by atoms with E-state index >= 15 is 0 Å². The van der Waals surface area contributed by atoms with Crippen LogP contribution < -0.4 is 5.32 Å². The van der Waals surface area contributed by atoms with E-state index in [0.717, 1.165) is 40.5 Å². The third kappa shape index (κ3) is 6.51. The molecule has 0 saturated carbocycles. The summed E-state index contributed by atoms with van der Waals surface area (Å²) in [6.07, 6.45) is 2.90. The first-order chi connectivity index (χ1) is 14.2. The fraction of sp³-hybridized carbons (Fsp3) is 0.333. The molecule has 0 atom stereocenters. The second kappa shape index (κ2) is 10.9. The Hall–Kier alpha value is -2.50. The fourth-order valence-electron chi connectivity index (χ4n) is 3.03. The number of hydrogen-bond donors (Lipinski definition) is 1. The van der Waals surface area contributed by atoms with Gasteiger partial charge in [0, 0.05) is 36.0 Å². The highest BCUT2D eigenvalue weighted by molar-refractivity contribution is 7.13. The Bertz CT molecular complexity index is 890. The molecule has 152 valence electrons. The smallest absolute Gasteiger partial charge is 0.221 e. The lowest BCUT2D eigenvalue weighted by atomic mass is 10.1. The van der Waals surface area contributed by atoms with Gasteiger partial charge in [-0.2, -0.15) is 0 Å². The molecule has 4 nitrogen and oxygen atoms in total. The van der Waals surface area contributed by atoms with Gasteiger partial charge in [0.15, 0.2) is 0 Å². The predicted octanol–water partition coefficient (Wildman–Crippen LogP) is 5.22. The van der Waals surface area contributed by atoms with E-state index in [-0.39, 0.29) is 5.91 Å². The van der Waals surface area contributed by atoms with Crippen LogP contribution in [0.3, 0.4) is 0 Å². The molecule has 0 unspecified atom stereocenters. The molecule has 5 heteroatoms. The molecule has 0 bridgehead atoms. The van der Waals surface area contributed by atoms with E-state index in [1.807, 2.05) is 18.2 Å². The first kappa shape index (κ1) is 21.2. The number of rotatable bonds is 10. The molecule has 0 aliphatic rings. The minimum atomic E-state index is 0.102. The maximum absolute atomic E-state index is 12.1. The zero-order valence-corrected chi connectivity index (χ0v) is 18.0. The van der Waals surface area contributed by atoms with Crippen LogP contribution in [0.25, 0.3) is 21.8 Å². The summed E-state index contributed by atoms with van der Waals surface area (Å²) in [5.74, 6) is 0.102. The van der Waals surface area contributed by atoms with Gasteiger partial charge >= 0.3 is 0 Å². The van der Waals surface area contributed by atoms with Crippen molar-refractivity contribution in [3.8, 4) is 21.8 Å². The average molecular weight is 408 g/mol. The van der Waals surface area contributed by atoms with Crippen LogP contribution in [0.4, 0.5) is 0 Å². The summed E-state index contributed by atoms with van der Waals surface area (Å²) >= 11 is 1.65. The van der Waals surface area contributed by atoms with Gasteiger partial charge in [0.05, 0.1) is 5.69 Å². The highest BCUT2D eigenvalue weighted by Gasteiger charge is 2.08. The largest absolute Gasteiger partial charge is 0.352 e. The Morgan fingerprint density at radius 3 is 2.52 bits per heavy atom. The van der Waals surface area contributed by atoms with Gasteiger partial charge in [-0.3, -0.25) is 4.79 Å². The highest BCUT2D eigenvalue weighted by Crippen LogP contribution is 2.28. The molecule has 0 spiro atoms. The number of thiazole rings is 1. The number of carbonyl (C=O) groups excluding carboxylic acids is 1. The van der Waals surface area contributed by atoms with Crippen molar-refractivity contribution >= 4 is 17.2 Å². The van der Waals surface area contributed by atoms with Crippen LogP contribution in [-0.2, 0) is 11.3 Å². The molecule has 0 saturated heterocycles. The van der Waals surface area contributed by atoms with E-state index < -0.39 is 0 Å². The van der Waals surface area contributed by atoms with Gasteiger partial charge in [-0.1, -0.05) is 67.9 Å². The highest BCUT2D eigenvalue weighted by atomic mass is 32.1. The van der Waals surface area contributed by atoms with Gasteiger partial charge in [-0.25, -0.2) is 4.98 Å². The van der Waals surface area contributed by atoms with Crippen molar-refractivity contribution in [2.24, 2.45) is 0 Å². The molecular formula is C24H29N3OS. The minimum Gasteiger partial charge on any atom is -0.352 e. The molecule has 1 heterocycles. The number of aromatic nitrogens is 1. The van der Waals surface area contributed by atoms with Crippen LogP contribution in [-0.4, -0.2) is 35.9 Å². The van der Waals surface area contributed by atoms with Gasteiger partial charge in [-0.15, -0.1) is 11.3 Å². The summed E-state index contributed by atoms with van der Waals surface area (Å²) in [4.78, 5) is 19.1. The Balaban J connectivity index is 1.49. The van der Waals surface area contributed by atoms with Crippen LogP contribution in [0, 0.1) is 0 Å². The SMILES string of the molecule is CCCCN(C)CCC(=O)NCc1ccc(-c2nc(-c3ccccc3)cs2)cc1. The average Bonchev–Trinajstić information content (AvgIpc) is 3.26. The molecule has 3 aromatic rings. The quantitative estimate of drug-likeness (QED) is 0.501. The van der Waals surface area contributed by atoms with Crippen molar-refractivity contribution in [1.82, 2.24) is 15.2 Å². The molecule has 1 N–H and O–H groups in total. The summed E-state index contributed by atoms with van der Waals surface area (Å²) in [6, 6.07) is 18.5. The van der Waals surface area contributed by atoms with Crippen LogP contribution in [0.2, 0.25) is 0 Å². The zero-order valence-electron chi connectivity index (χ0n) is 17.2. The standard InChI is InChI=1S/C24H29N3OS/c1-3-4-15-27(2)16-14-23(28)25-17-19-10-12-21(13-11-19)24-26-22(18-29-24)20-8-6-5-7-9-20/h5-13,18H,3-4,14-17H2,1-2H3,(H,25,28). The molecule has 3 rings (SSSR count). The second-order valence-electron chi connectivity index (χ2n) is 7.28. The Kier molecular flexibility index (Phi) is 7.96. The summed E-state index contributed by atoms with van der Waals surface area (Å²) in [6.45, 7) is 4.60. The van der Waals surface area contributed by atoms with E-state index in [9.17, 15) is 4.79 Å². The van der Waals surface area contributed by atoms with Crippen LogP contribution in [0.1, 0.15) is 31.7 Å². The summed E-state index contributed by atoms with van der Waals surface area (Å²) in [5, 5.41) is 6.12. The van der Waals surface area contributed by atoms with E-state index in [1.54, 1.807) is 11.3 Å². The molecule has 0 radical (unpaired) electrons. The maximum Gasteiger partial charge on any atom is 0.221 e. The van der Waals surface area contributed by atoms with E-state index in [4.69, 9.17) is 4.98 Å². The van der Waals surface area contributed by atoms with E-state index in [2.05, 4.69) is 66.0 Å². The van der Waals surface area contributed by atoms with Crippen molar-refractivity contribution in [3.05, 3.63) is 65.5 Å². The maximum atomic E-state index is 12.1. The summed E-state index contributed by atoms with van der Waals surface area (Å²) in [5.41, 5.74) is 4.34. The van der Waals surface area contributed by atoms with Gasteiger partial charge in [0.2, 0.25) is 5.91 Å². The summed E-state index contributed by atoms with van der Waals surface area (Å²) in [7, 11) is 2.07. The Morgan fingerprint density at radius 2 is 1.79 bits per heavy atom. The second-order valence-corrected chi connectivity index (χ2v) is 8.14. The molecule has 1 amide bonds. The van der Waals surface area contributed by atoms with Gasteiger partial charge in [0.25, 0.3) is 0 Å². The van der Waals surface area contributed by atoms with Crippen LogP contribution >= 0.6 is 11.3 Å². The number of benzene rings is 2. The number of hydrogen-bond acceptors (Lipinski definition) is 4. The number of nitrogens with zero attached hydrogens (tertiary/aromatic N) is 2. The van der Waals surface area contributed by atoms with Crippen molar-refractivity contribution in [2.45, 2.75) is 32.7 Å². The van der Waals surface area contributed by atoms with E-state index in [0.29, 0.717) is 13.0 Å². The fourth-order valence-corrected chi connectivity index (χ4v) is 3.87. The first-order valence-corrected chi connectivity index (χ1v) is 11.1. The van der Waals surface area contributed by atoms with Crippen molar-refractivity contribution < 1.29 is 4.79 Å². The summed E-state index contributed by atoms with van der Waals surface area (Å²) < 4.78 is 0. The molecule has 29 heavy (non-hydrogen) atoms. The third-order valence-electron chi connectivity index (χ3n) is 4.88. The van der Waals surface area contributed by atoms with Crippen molar-refractivity contribution in [2.75, 3.05) is 20.1 Å². The number of amides is 1. The number of unbranched alkanes of at least 4 members (excludes halogenated alkanes) is 1. The Morgan fingerprint density at radius 1 is 1.03 bits per heavy atom. The lowest BCUT2D eigenvalue weighted by Crippen LogP contribution is -2.29. The normalized spacial score (nSPS) is 11.0. The third-order valence-corrected chi connectivity index (χ3v) is 5.77. The minimum absolute atomic E-state index is 0.102. The van der Waals surface area contributed by atoms with Gasteiger partial charge in [0.1, 0.15) is 5.01 Å². The molecule has 0 aliphatic heterocycles. The lowest BCUT2D eigenvalue weighted by Gasteiger charge is -2.15. The van der Waals surface area contributed by atoms with Gasteiger partial charge < -0.3 is 10.2 Å². The van der Waals surface area contributed by atoms with Crippen LogP contribution in [0.5, 0.6) is 0 Å². The van der Waals surface area contributed by atoms with Crippen LogP contribution in [0.15, 0.2) is 60.0 Å². The topological polar surface area (TPSA) is 45.2 Å².